The summed E-state index contributed by atoms with van der Waals surface area (Å²) in [6.07, 6.45) is -1.89. The summed E-state index contributed by atoms with van der Waals surface area (Å²) in [6, 6.07) is 3.62. The second-order valence-corrected chi connectivity index (χ2v) is 6.44. The number of carbonyl (C=O) groups excluding carboxylic acids is 1. The van der Waals surface area contributed by atoms with Gasteiger partial charge in [-0.1, -0.05) is 15.9 Å². The topological polar surface area (TPSA) is 20.3 Å². The molecule has 1 fully saturated rings. The molecule has 1 aromatic carbocycles. The first kappa shape index (κ1) is 16.3. The first-order valence-corrected chi connectivity index (χ1v) is 7.70. The molecule has 2 atom stereocenters. The molecule has 0 aromatic heterocycles. The van der Waals surface area contributed by atoms with Crippen LogP contribution in [0.15, 0.2) is 22.7 Å². The largest absolute Gasteiger partial charge is 0.417 e. The lowest BCUT2D eigenvalue weighted by Gasteiger charge is -2.39. The van der Waals surface area contributed by atoms with E-state index >= 15 is 0 Å². The molecule has 1 aromatic rings. The third-order valence-corrected chi connectivity index (χ3v) is 4.44. The molecule has 2 unspecified atom stereocenters. The van der Waals surface area contributed by atoms with E-state index in [1.54, 1.807) is 4.90 Å². The highest BCUT2D eigenvalue weighted by molar-refractivity contribution is 9.10. The molecule has 1 amide bonds. The first-order valence-electron chi connectivity index (χ1n) is 6.91. The lowest BCUT2D eigenvalue weighted by Crippen LogP contribution is -2.47. The number of carbonyl (C=O) groups is 1. The fraction of sp³-hybridized carbons (Fsp3) is 0.533. The second-order valence-electron chi connectivity index (χ2n) is 5.53. The van der Waals surface area contributed by atoms with Crippen molar-refractivity contribution < 1.29 is 18.0 Å². The summed E-state index contributed by atoms with van der Waals surface area (Å²) in [5, 5.41) is 0. The van der Waals surface area contributed by atoms with E-state index in [4.69, 9.17) is 0 Å². The predicted octanol–water partition coefficient (Wildman–Crippen LogP) is 4.87. The van der Waals surface area contributed by atoms with Crippen LogP contribution in [0.25, 0.3) is 0 Å². The smallest absolute Gasteiger partial charge is 0.333 e. The standard InChI is InChI=1S/C15H17BrF3NO/c1-9-4-3-5-10(2)20(9)14(21)12-7-6-11(16)8-13(12)15(17,18)19/h6-10H,3-5H2,1-2H3. The number of benzene rings is 1. The fourth-order valence-electron chi connectivity index (χ4n) is 2.90. The van der Waals surface area contributed by atoms with Gasteiger partial charge in [-0.05, 0) is 51.3 Å². The molecule has 1 aliphatic rings. The van der Waals surface area contributed by atoms with Crippen molar-refractivity contribution in [2.75, 3.05) is 0 Å². The molecule has 0 radical (unpaired) electrons. The van der Waals surface area contributed by atoms with Crippen LogP contribution >= 0.6 is 15.9 Å². The van der Waals surface area contributed by atoms with Gasteiger partial charge in [0.15, 0.2) is 0 Å². The summed E-state index contributed by atoms with van der Waals surface area (Å²) in [5.74, 6) is -0.533. The third kappa shape index (κ3) is 3.42. The highest BCUT2D eigenvalue weighted by Gasteiger charge is 2.38. The maximum atomic E-state index is 13.2. The van der Waals surface area contributed by atoms with Crippen LogP contribution in [0.4, 0.5) is 13.2 Å². The van der Waals surface area contributed by atoms with Crippen LogP contribution < -0.4 is 0 Å². The van der Waals surface area contributed by atoms with E-state index in [0.29, 0.717) is 4.47 Å². The number of halogens is 4. The van der Waals surface area contributed by atoms with Gasteiger partial charge in [0.05, 0.1) is 11.1 Å². The molecule has 1 saturated heterocycles. The zero-order valence-electron chi connectivity index (χ0n) is 11.9. The minimum Gasteiger partial charge on any atom is -0.333 e. The van der Waals surface area contributed by atoms with Gasteiger partial charge in [-0.3, -0.25) is 4.79 Å². The van der Waals surface area contributed by atoms with Crippen molar-refractivity contribution in [1.29, 1.82) is 0 Å². The highest BCUT2D eigenvalue weighted by Crippen LogP contribution is 2.35. The van der Waals surface area contributed by atoms with Crippen molar-refractivity contribution in [3.63, 3.8) is 0 Å². The zero-order valence-corrected chi connectivity index (χ0v) is 13.5. The molecule has 0 N–H and O–H groups in total. The van der Waals surface area contributed by atoms with Crippen LogP contribution in [0.3, 0.4) is 0 Å². The Morgan fingerprint density at radius 2 is 1.81 bits per heavy atom. The van der Waals surface area contributed by atoms with Gasteiger partial charge < -0.3 is 4.90 Å². The van der Waals surface area contributed by atoms with Gasteiger partial charge in [-0.15, -0.1) is 0 Å². The lowest BCUT2D eigenvalue weighted by atomic mass is 9.95. The maximum absolute atomic E-state index is 13.2. The predicted molar refractivity (Wildman–Crippen MR) is 78.1 cm³/mol. The van der Waals surface area contributed by atoms with Crippen LogP contribution in [0.2, 0.25) is 0 Å². The van der Waals surface area contributed by atoms with Crippen LogP contribution in [0, 0.1) is 0 Å². The van der Waals surface area contributed by atoms with Crippen molar-refractivity contribution in [2.24, 2.45) is 0 Å². The third-order valence-electron chi connectivity index (χ3n) is 3.95. The molecular weight excluding hydrogens is 347 g/mol. The number of alkyl halides is 3. The summed E-state index contributed by atoms with van der Waals surface area (Å²) in [7, 11) is 0. The minimum atomic E-state index is -4.54. The van der Waals surface area contributed by atoms with Crippen molar-refractivity contribution in [3.05, 3.63) is 33.8 Å². The average Bonchev–Trinajstić information content (AvgIpc) is 2.37. The van der Waals surface area contributed by atoms with Gasteiger partial charge >= 0.3 is 6.18 Å². The summed E-state index contributed by atoms with van der Waals surface area (Å²) < 4.78 is 39.8. The van der Waals surface area contributed by atoms with E-state index in [0.717, 1.165) is 25.3 Å². The lowest BCUT2D eigenvalue weighted by molar-refractivity contribution is -0.138. The van der Waals surface area contributed by atoms with E-state index in [1.165, 1.54) is 12.1 Å². The molecular formula is C15H17BrF3NO. The molecule has 116 valence electrons. The first-order chi connectivity index (χ1) is 9.71. The Balaban J connectivity index is 2.43. The van der Waals surface area contributed by atoms with Gasteiger partial charge in [0.2, 0.25) is 0 Å². The Kier molecular flexibility index (Phi) is 4.66. The quantitative estimate of drug-likeness (QED) is 0.696. The van der Waals surface area contributed by atoms with Crippen LogP contribution in [-0.2, 0) is 6.18 Å². The molecule has 0 aliphatic carbocycles. The number of nitrogens with zero attached hydrogens (tertiary/aromatic N) is 1. The number of piperidine rings is 1. The molecule has 21 heavy (non-hydrogen) atoms. The maximum Gasteiger partial charge on any atom is 0.417 e. The van der Waals surface area contributed by atoms with Gasteiger partial charge in [0, 0.05) is 16.6 Å². The molecule has 0 saturated carbocycles. The van der Waals surface area contributed by atoms with Crippen molar-refractivity contribution in [3.8, 4) is 0 Å². The summed E-state index contributed by atoms with van der Waals surface area (Å²) in [4.78, 5) is 14.2. The Bertz CT molecular complexity index is 534. The number of rotatable bonds is 1. The second kappa shape index (κ2) is 5.99. The normalized spacial score (nSPS) is 23.2. The molecule has 0 bridgehead atoms. The van der Waals surface area contributed by atoms with E-state index in [2.05, 4.69) is 15.9 Å². The molecule has 1 aliphatic heterocycles. The van der Waals surface area contributed by atoms with Gasteiger partial charge in [0.1, 0.15) is 0 Å². The Morgan fingerprint density at radius 1 is 1.24 bits per heavy atom. The molecule has 2 nitrogen and oxygen atoms in total. The molecule has 1 heterocycles. The SMILES string of the molecule is CC1CCCC(C)N1C(=O)c1ccc(Br)cc1C(F)(F)F. The number of hydrogen-bond acceptors (Lipinski definition) is 1. The minimum absolute atomic E-state index is 0.0361. The van der Waals surface area contributed by atoms with Crippen LogP contribution in [-0.4, -0.2) is 22.9 Å². The van der Waals surface area contributed by atoms with E-state index in [1.807, 2.05) is 13.8 Å². The molecule has 0 spiro atoms. The monoisotopic (exact) mass is 363 g/mol. The van der Waals surface area contributed by atoms with Crippen molar-refractivity contribution in [2.45, 2.75) is 51.4 Å². The Labute approximate surface area is 130 Å². The fourth-order valence-corrected chi connectivity index (χ4v) is 3.26. The molecule has 2 rings (SSSR count). The van der Waals surface area contributed by atoms with Crippen molar-refractivity contribution in [1.82, 2.24) is 4.90 Å². The van der Waals surface area contributed by atoms with Crippen molar-refractivity contribution >= 4 is 21.8 Å². The van der Waals surface area contributed by atoms with Gasteiger partial charge in [-0.25, -0.2) is 0 Å². The number of hydrogen-bond donors (Lipinski definition) is 0. The van der Waals surface area contributed by atoms with Gasteiger partial charge in [0.25, 0.3) is 5.91 Å². The summed E-state index contributed by atoms with van der Waals surface area (Å²) in [5.41, 5.74) is -1.15. The van der Waals surface area contributed by atoms with E-state index < -0.39 is 17.6 Å². The molecule has 6 heteroatoms. The summed E-state index contributed by atoms with van der Waals surface area (Å²) >= 11 is 3.03. The van der Waals surface area contributed by atoms with E-state index in [9.17, 15) is 18.0 Å². The highest BCUT2D eigenvalue weighted by atomic mass is 79.9. The number of likely N-dealkylation sites (tertiary alicyclic amines) is 1. The Hall–Kier alpha value is -1.04. The summed E-state index contributed by atoms with van der Waals surface area (Å²) in [6.45, 7) is 3.78. The average molecular weight is 364 g/mol. The van der Waals surface area contributed by atoms with Crippen LogP contribution in [0.1, 0.15) is 49.0 Å². The number of amides is 1. The Morgan fingerprint density at radius 3 is 2.33 bits per heavy atom. The van der Waals surface area contributed by atoms with Gasteiger partial charge in [-0.2, -0.15) is 13.2 Å². The van der Waals surface area contributed by atoms with Crippen LogP contribution in [0.5, 0.6) is 0 Å². The zero-order chi connectivity index (χ0) is 15.8. The van der Waals surface area contributed by atoms with E-state index in [-0.39, 0.29) is 17.6 Å².